The molecular weight excluding hydrogens is 356 g/mol. The van der Waals surface area contributed by atoms with E-state index in [1.54, 1.807) is 0 Å². The van der Waals surface area contributed by atoms with Gasteiger partial charge in [0.2, 0.25) is 0 Å². The lowest BCUT2D eigenvalue weighted by Crippen LogP contribution is -2.20. The molecule has 2 N–H and O–H groups in total. The van der Waals surface area contributed by atoms with E-state index in [0.717, 1.165) is 23.1 Å². The van der Waals surface area contributed by atoms with Crippen LogP contribution in [0.5, 0.6) is 11.5 Å². The summed E-state index contributed by atoms with van der Waals surface area (Å²) in [6.07, 6.45) is 12.2. The molecule has 29 heavy (non-hydrogen) atoms. The van der Waals surface area contributed by atoms with Gasteiger partial charge in [-0.05, 0) is 29.2 Å². The van der Waals surface area contributed by atoms with Crippen LogP contribution >= 0.6 is 0 Å². The molecule has 2 heteroatoms. The second kappa shape index (κ2) is 11.3. The second-order valence-electron chi connectivity index (χ2n) is 11.1. The Morgan fingerprint density at radius 1 is 0.759 bits per heavy atom. The van der Waals surface area contributed by atoms with Crippen molar-refractivity contribution in [3.63, 3.8) is 0 Å². The summed E-state index contributed by atoms with van der Waals surface area (Å²) in [6.45, 7) is 17.2. The highest BCUT2D eigenvalue weighted by molar-refractivity contribution is 5.57. The molecule has 0 aliphatic carbocycles. The molecule has 1 rings (SSSR count). The zero-order valence-electron chi connectivity index (χ0n) is 20.6. The summed E-state index contributed by atoms with van der Waals surface area (Å²) in [6, 6.07) is 1.82. The number of aromatic hydroxyl groups is 2. The maximum absolute atomic E-state index is 11.2. The van der Waals surface area contributed by atoms with Crippen LogP contribution in [0.25, 0.3) is 0 Å². The predicted octanol–water partition coefficient (Wildman–Crippen LogP) is 8.40. The topological polar surface area (TPSA) is 40.5 Å². The fourth-order valence-corrected chi connectivity index (χ4v) is 4.46. The fraction of sp³-hybridized carbons (Fsp3) is 0.778. The van der Waals surface area contributed by atoms with Crippen LogP contribution in [0, 0.1) is 5.92 Å². The number of hydrogen-bond acceptors (Lipinski definition) is 2. The van der Waals surface area contributed by atoms with Crippen LogP contribution in [-0.4, -0.2) is 10.2 Å². The Balaban J connectivity index is 3.27. The summed E-state index contributed by atoms with van der Waals surface area (Å²) in [4.78, 5) is 0. The molecule has 0 amide bonds. The standard InChI is InChI=1S/C27H48O2/c1-9-11-13-15-17-20(16-14-12-10-2)18-21-23(28)19-22(26(3,4)5)25(29)24(21)27(6,7)8/h19-20,28-29H,9-18H2,1-8H3. The molecule has 1 aromatic carbocycles. The van der Waals surface area contributed by atoms with E-state index < -0.39 is 0 Å². The monoisotopic (exact) mass is 404 g/mol. The second-order valence-corrected chi connectivity index (χ2v) is 11.1. The first-order chi connectivity index (χ1) is 13.4. The number of rotatable bonds is 11. The van der Waals surface area contributed by atoms with Crippen LogP contribution < -0.4 is 0 Å². The first kappa shape index (κ1) is 25.9. The Morgan fingerprint density at radius 3 is 1.76 bits per heavy atom. The van der Waals surface area contributed by atoms with E-state index in [9.17, 15) is 10.2 Å². The number of hydrogen-bond donors (Lipinski definition) is 2. The molecule has 1 atom stereocenters. The molecule has 0 saturated heterocycles. The minimum absolute atomic E-state index is 0.208. The van der Waals surface area contributed by atoms with Crippen LogP contribution in [0.15, 0.2) is 6.07 Å². The smallest absolute Gasteiger partial charge is 0.123 e. The van der Waals surface area contributed by atoms with E-state index in [1.807, 2.05) is 6.07 Å². The predicted molar refractivity (Wildman–Crippen MR) is 127 cm³/mol. The molecule has 2 nitrogen and oxygen atoms in total. The van der Waals surface area contributed by atoms with Crippen molar-refractivity contribution >= 4 is 0 Å². The molecule has 0 aliphatic heterocycles. The number of benzene rings is 1. The van der Waals surface area contributed by atoms with Gasteiger partial charge in [-0.2, -0.15) is 0 Å². The van der Waals surface area contributed by atoms with Gasteiger partial charge < -0.3 is 10.2 Å². The quantitative estimate of drug-likeness (QED) is 0.287. The first-order valence-electron chi connectivity index (χ1n) is 12.0. The molecule has 0 bridgehead atoms. The Hall–Kier alpha value is -1.18. The zero-order valence-corrected chi connectivity index (χ0v) is 20.6. The molecule has 168 valence electrons. The maximum atomic E-state index is 11.2. The van der Waals surface area contributed by atoms with Crippen molar-refractivity contribution in [2.24, 2.45) is 5.92 Å². The van der Waals surface area contributed by atoms with Crippen molar-refractivity contribution in [2.75, 3.05) is 0 Å². The van der Waals surface area contributed by atoms with Crippen molar-refractivity contribution in [2.45, 2.75) is 130 Å². The molecule has 1 aromatic rings. The van der Waals surface area contributed by atoms with Gasteiger partial charge in [0.15, 0.2) is 0 Å². The third-order valence-electron chi connectivity index (χ3n) is 6.12. The number of unbranched alkanes of at least 4 members (excludes halogenated alkanes) is 5. The van der Waals surface area contributed by atoms with Crippen LogP contribution in [0.1, 0.15) is 130 Å². The van der Waals surface area contributed by atoms with E-state index in [1.165, 1.54) is 57.8 Å². The Kier molecular flexibility index (Phi) is 10.1. The normalized spacial score (nSPS) is 13.7. The highest BCUT2D eigenvalue weighted by atomic mass is 16.3. The van der Waals surface area contributed by atoms with Crippen molar-refractivity contribution in [3.8, 4) is 11.5 Å². The first-order valence-corrected chi connectivity index (χ1v) is 12.0. The van der Waals surface area contributed by atoms with Gasteiger partial charge in [-0.25, -0.2) is 0 Å². The summed E-state index contributed by atoms with van der Waals surface area (Å²) >= 11 is 0. The number of phenolic OH excluding ortho intramolecular Hbond substituents is 2. The van der Waals surface area contributed by atoms with Crippen molar-refractivity contribution < 1.29 is 10.2 Å². The Bertz CT molecular complexity index is 617. The van der Waals surface area contributed by atoms with E-state index in [2.05, 4.69) is 55.4 Å². The van der Waals surface area contributed by atoms with Gasteiger partial charge in [0, 0.05) is 16.7 Å². The molecule has 0 aliphatic rings. The molecule has 0 fully saturated rings. The highest BCUT2D eigenvalue weighted by Gasteiger charge is 2.31. The van der Waals surface area contributed by atoms with E-state index in [-0.39, 0.29) is 10.8 Å². The van der Waals surface area contributed by atoms with E-state index >= 15 is 0 Å². The van der Waals surface area contributed by atoms with Gasteiger partial charge in [0.25, 0.3) is 0 Å². The lowest BCUT2D eigenvalue weighted by atomic mass is 9.75. The lowest BCUT2D eigenvalue weighted by Gasteiger charge is -2.31. The lowest BCUT2D eigenvalue weighted by molar-refractivity contribution is 0.378. The third-order valence-corrected chi connectivity index (χ3v) is 6.12. The van der Waals surface area contributed by atoms with Gasteiger partial charge in [0.1, 0.15) is 11.5 Å². The fourth-order valence-electron chi connectivity index (χ4n) is 4.46. The largest absolute Gasteiger partial charge is 0.508 e. The molecule has 0 spiro atoms. The minimum atomic E-state index is -0.214. The molecular formula is C27H48O2. The molecule has 0 radical (unpaired) electrons. The summed E-state index contributed by atoms with van der Waals surface area (Å²) in [5.74, 6) is 1.33. The highest BCUT2D eigenvalue weighted by Crippen LogP contribution is 2.45. The summed E-state index contributed by atoms with van der Waals surface area (Å²) in [5, 5.41) is 22.3. The van der Waals surface area contributed by atoms with Gasteiger partial charge >= 0.3 is 0 Å². The molecule has 1 unspecified atom stereocenters. The summed E-state index contributed by atoms with van der Waals surface area (Å²) in [7, 11) is 0. The van der Waals surface area contributed by atoms with Gasteiger partial charge in [-0.3, -0.25) is 0 Å². The van der Waals surface area contributed by atoms with Gasteiger partial charge in [-0.1, -0.05) is 113 Å². The molecule has 0 saturated carbocycles. The van der Waals surface area contributed by atoms with Gasteiger partial charge in [-0.15, -0.1) is 0 Å². The van der Waals surface area contributed by atoms with Crippen LogP contribution in [0.3, 0.4) is 0 Å². The SMILES string of the molecule is CCCCCCC(CCCCC)Cc1c(O)cc(C(C)(C)C)c(O)c1C(C)(C)C. The third kappa shape index (κ3) is 7.87. The van der Waals surface area contributed by atoms with Crippen LogP contribution in [0.2, 0.25) is 0 Å². The van der Waals surface area contributed by atoms with Gasteiger partial charge in [0.05, 0.1) is 0 Å². The molecule has 0 heterocycles. The van der Waals surface area contributed by atoms with Crippen molar-refractivity contribution in [1.82, 2.24) is 0 Å². The van der Waals surface area contributed by atoms with Crippen molar-refractivity contribution in [1.29, 1.82) is 0 Å². The average molecular weight is 405 g/mol. The molecule has 0 aromatic heterocycles. The number of phenols is 2. The van der Waals surface area contributed by atoms with Crippen LogP contribution in [-0.2, 0) is 17.3 Å². The average Bonchev–Trinajstić information content (AvgIpc) is 2.59. The zero-order chi connectivity index (χ0) is 22.2. The van der Waals surface area contributed by atoms with E-state index in [4.69, 9.17) is 0 Å². The Morgan fingerprint density at radius 2 is 1.28 bits per heavy atom. The minimum Gasteiger partial charge on any atom is -0.508 e. The summed E-state index contributed by atoms with van der Waals surface area (Å²) in [5.41, 5.74) is 2.33. The van der Waals surface area contributed by atoms with E-state index in [0.29, 0.717) is 17.4 Å². The van der Waals surface area contributed by atoms with Crippen LogP contribution in [0.4, 0.5) is 0 Å². The van der Waals surface area contributed by atoms with Crippen molar-refractivity contribution in [3.05, 3.63) is 22.8 Å². The maximum Gasteiger partial charge on any atom is 0.123 e. The Labute approximate surface area is 181 Å². The summed E-state index contributed by atoms with van der Waals surface area (Å²) < 4.78 is 0.